The van der Waals surface area contributed by atoms with Crippen LogP contribution in [0.3, 0.4) is 0 Å². The number of ketones is 2. The van der Waals surface area contributed by atoms with Gasteiger partial charge in [0.05, 0.1) is 14.2 Å². The van der Waals surface area contributed by atoms with Gasteiger partial charge in [-0.05, 0) is 19.8 Å². The highest BCUT2D eigenvalue weighted by atomic mass is 16.5. The van der Waals surface area contributed by atoms with Crippen LogP contribution in [0.4, 0.5) is 0 Å². The van der Waals surface area contributed by atoms with Crippen LogP contribution in [0.2, 0.25) is 0 Å². The lowest BCUT2D eigenvalue weighted by Crippen LogP contribution is -2.25. The summed E-state index contributed by atoms with van der Waals surface area (Å²) in [4.78, 5) is 34.6. The summed E-state index contributed by atoms with van der Waals surface area (Å²) in [6.45, 7) is 1.53. The molecule has 1 aliphatic rings. The summed E-state index contributed by atoms with van der Waals surface area (Å²) in [5.74, 6) is -1.98. The van der Waals surface area contributed by atoms with Crippen LogP contribution in [-0.4, -0.2) is 36.9 Å². The molecule has 0 radical (unpaired) electrons. The Hall–Kier alpha value is -2.11. The highest BCUT2D eigenvalue weighted by Gasteiger charge is 2.34. The number of carbonyl (C=O) groups excluding carboxylic acids is 2. The first kappa shape index (κ1) is 14.9. The Morgan fingerprint density at radius 1 is 1.11 bits per heavy atom. The Kier molecular flexibility index (Phi) is 4.86. The standard InChI is InChI=1S/C13H16O6/c1-7-8(5-4-6-9(14)15)11(17)13(19-3)12(18-2)10(7)16/h4-6H2,1-3H3,(H,14,15). The van der Waals surface area contributed by atoms with Crippen LogP contribution in [0.5, 0.6) is 0 Å². The summed E-state index contributed by atoms with van der Waals surface area (Å²) < 4.78 is 9.81. The molecule has 0 bridgehead atoms. The molecule has 0 heterocycles. The van der Waals surface area contributed by atoms with Gasteiger partial charge in [0.15, 0.2) is 0 Å². The molecular formula is C13H16O6. The maximum atomic E-state index is 12.1. The quantitative estimate of drug-likeness (QED) is 0.728. The van der Waals surface area contributed by atoms with Crippen LogP contribution < -0.4 is 0 Å². The smallest absolute Gasteiger partial charge is 0.303 e. The van der Waals surface area contributed by atoms with Crippen molar-refractivity contribution in [3.63, 3.8) is 0 Å². The van der Waals surface area contributed by atoms with Crippen molar-refractivity contribution < 1.29 is 29.0 Å². The topological polar surface area (TPSA) is 89.9 Å². The Balaban J connectivity index is 2.99. The van der Waals surface area contributed by atoms with Crippen molar-refractivity contribution in [1.82, 2.24) is 0 Å². The lowest BCUT2D eigenvalue weighted by molar-refractivity contribution is -0.137. The number of allylic oxidation sites excluding steroid dienone is 2. The maximum Gasteiger partial charge on any atom is 0.303 e. The number of hydrogen-bond donors (Lipinski definition) is 1. The Bertz CT molecular complexity index is 483. The van der Waals surface area contributed by atoms with E-state index in [0.29, 0.717) is 12.0 Å². The number of aliphatic carboxylic acids is 1. The molecule has 0 atom stereocenters. The molecule has 19 heavy (non-hydrogen) atoms. The number of rotatable bonds is 6. The van der Waals surface area contributed by atoms with Gasteiger partial charge in [0, 0.05) is 17.6 Å². The Morgan fingerprint density at radius 3 is 2.11 bits per heavy atom. The van der Waals surface area contributed by atoms with Crippen molar-refractivity contribution in [2.75, 3.05) is 14.2 Å². The first-order chi connectivity index (χ1) is 8.93. The predicted molar refractivity (Wildman–Crippen MR) is 65.2 cm³/mol. The molecule has 104 valence electrons. The van der Waals surface area contributed by atoms with Crippen molar-refractivity contribution in [2.45, 2.75) is 26.2 Å². The van der Waals surface area contributed by atoms with Crippen LogP contribution in [0.15, 0.2) is 22.7 Å². The van der Waals surface area contributed by atoms with Gasteiger partial charge in [0.1, 0.15) is 0 Å². The molecule has 0 aliphatic heterocycles. The second-order valence-electron chi connectivity index (χ2n) is 4.08. The summed E-state index contributed by atoms with van der Waals surface area (Å²) in [6.07, 6.45) is 0.467. The molecule has 0 spiro atoms. The minimum atomic E-state index is -0.937. The van der Waals surface area contributed by atoms with Gasteiger partial charge in [-0.15, -0.1) is 0 Å². The maximum absolute atomic E-state index is 12.1. The number of hydrogen-bond acceptors (Lipinski definition) is 5. The second kappa shape index (κ2) is 6.17. The van der Waals surface area contributed by atoms with E-state index in [4.69, 9.17) is 14.6 Å². The lowest BCUT2D eigenvalue weighted by atomic mass is 9.90. The Morgan fingerprint density at radius 2 is 1.63 bits per heavy atom. The van der Waals surface area contributed by atoms with Gasteiger partial charge in [-0.1, -0.05) is 0 Å². The molecule has 1 rings (SSSR count). The monoisotopic (exact) mass is 268 g/mol. The van der Waals surface area contributed by atoms with E-state index in [9.17, 15) is 14.4 Å². The zero-order valence-electron chi connectivity index (χ0n) is 11.1. The van der Waals surface area contributed by atoms with Crippen molar-refractivity contribution in [3.8, 4) is 0 Å². The van der Waals surface area contributed by atoms with E-state index in [-0.39, 0.29) is 29.9 Å². The third-order valence-corrected chi connectivity index (χ3v) is 2.91. The SMILES string of the molecule is COC1=C(OC)C(=O)C(CCCC(=O)O)=C(C)C1=O. The van der Waals surface area contributed by atoms with Crippen molar-refractivity contribution in [3.05, 3.63) is 22.7 Å². The van der Waals surface area contributed by atoms with Crippen LogP contribution in [0.25, 0.3) is 0 Å². The van der Waals surface area contributed by atoms with Crippen molar-refractivity contribution >= 4 is 17.5 Å². The van der Waals surface area contributed by atoms with Gasteiger partial charge in [-0.3, -0.25) is 14.4 Å². The number of carboxylic acids is 1. The average molecular weight is 268 g/mol. The summed E-state index contributed by atoms with van der Waals surface area (Å²) in [7, 11) is 2.58. The zero-order valence-corrected chi connectivity index (χ0v) is 11.1. The van der Waals surface area contributed by atoms with E-state index in [0.717, 1.165) is 0 Å². The third kappa shape index (κ3) is 3.01. The molecular weight excluding hydrogens is 252 g/mol. The Labute approximate surface area is 110 Å². The first-order valence-electron chi connectivity index (χ1n) is 5.77. The molecule has 0 fully saturated rings. The minimum absolute atomic E-state index is 0.0542. The molecule has 1 aliphatic carbocycles. The minimum Gasteiger partial charge on any atom is -0.489 e. The van der Waals surface area contributed by atoms with Crippen LogP contribution in [-0.2, 0) is 23.9 Å². The molecule has 0 aromatic rings. The van der Waals surface area contributed by atoms with Crippen molar-refractivity contribution in [2.24, 2.45) is 0 Å². The van der Waals surface area contributed by atoms with Gasteiger partial charge in [-0.25, -0.2) is 0 Å². The lowest BCUT2D eigenvalue weighted by Gasteiger charge is -2.20. The first-order valence-corrected chi connectivity index (χ1v) is 5.77. The number of ether oxygens (including phenoxy) is 2. The van der Waals surface area contributed by atoms with Crippen LogP contribution in [0.1, 0.15) is 26.2 Å². The highest BCUT2D eigenvalue weighted by Crippen LogP contribution is 2.28. The van der Waals surface area contributed by atoms with E-state index in [1.807, 2.05) is 0 Å². The predicted octanol–water partition coefficient (Wildman–Crippen LogP) is 1.21. The molecule has 0 aromatic carbocycles. The normalized spacial score (nSPS) is 15.9. The molecule has 0 aromatic heterocycles. The zero-order chi connectivity index (χ0) is 14.6. The van der Waals surface area contributed by atoms with E-state index in [1.54, 1.807) is 0 Å². The van der Waals surface area contributed by atoms with Gasteiger partial charge in [0.2, 0.25) is 23.1 Å². The summed E-state index contributed by atoms with van der Waals surface area (Å²) in [5, 5.41) is 8.58. The van der Waals surface area contributed by atoms with E-state index >= 15 is 0 Å². The molecule has 6 heteroatoms. The fourth-order valence-electron chi connectivity index (χ4n) is 1.91. The molecule has 0 unspecified atom stereocenters. The summed E-state index contributed by atoms with van der Waals surface area (Å²) in [5.41, 5.74) is 0.580. The summed E-state index contributed by atoms with van der Waals surface area (Å²) in [6, 6.07) is 0. The van der Waals surface area contributed by atoms with Gasteiger partial charge >= 0.3 is 5.97 Å². The number of Topliss-reactive ketones (excluding diaryl/α,β-unsaturated/α-hetero) is 2. The molecule has 0 saturated carbocycles. The number of carbonyl (C=O) groups is 3. The molecule has 6 nitrogen and oxygen atoms in total. The molecule has 1 N–H and O–H groups in total. The van der Waals surface area contributed by atoms with E-state index in [1.165, 1.54) is 21.1 Å². The molecule has 0 saturated heterocycles. The van der Waals surface area contributed by atoms with E-state index in [2.05, 4.69) is 0 Å². The summed E-state index contributed by atoms with van der Waals surface area (Å²) >= 11 is 0. The van der Waals surface area contributed by atoms with Gasteiger partial charge in [0.25, 0.3) is 0 Å². The fourth-order valence-corrected chi connectivity index (χ4v) is 1.91. The van der Waals surface area contributed by atoms with Gasteiger partial charge < -0.3 is 14.6 Å². The van der Waals surface area contributed by atoms with Gasteiger partial charge in [-0.2, -0.15) is 0 Å². The highest BCUT2D eigenvalue weighted by molar-refractivity contribution is 6.23. The van der Waals surface area contributed by atoms with E-state index < -0.39 is 17.5 Å². The molecule has 0 amide bonds. The average Bonchev–Trinajstić information content (AvgIpc) is 2.37. The van der Waals surface area contributed by atoms with Crippen LogP contribution in [0, 0.1) is 0 Å². The number of methoxy groups -OCH3 is 2. The fraction of sp³-hybridized carbons (Fsp3) is 0.462. The second-order valence-corrected chi connectivity index (χ2v) is 4.08. The van der Waals surface area contributed by atoms with Crippen molar-refractivity contribution in [1.29, 1.82) is 0 Å². The number of carboxylic acid groups (broad SMARTS) is 1. The largest absolute Gasteiger partial charge is 0.489 e. The van der Waals surface area contributed by atoms with Crippen LogP contribution >= 0.6 is 0 Å². The third-order valence-electron chi connectivity index (χ3n) is 2.91.